The third-order valence-electron chi connectivity index (χ3n) is 1.25. The Hall–Kier alpha value is -0.390. The number of allylic oxidation sites excluding steroid dienone is 1. The number of rotatable bonds is 5. The molecule has 2 N–H and O–H groups in total. The van der Waals surface area contributed by atoms with E-state index in [2.05, 4.69) is 11.3 Å². The molecule has 0 aromatic carbocycles. The average molecular weight is 179 g/mol. The summed E-state index contributed by atoms with van der Waals surface area (Å²) in [5.74, 6) is 0. The van der Waals surface area contributed by atoms with E-state index < -0.39 is 15.3 Å². The lowest BCUT2D eigenvalue weighted by Crippen LogP contribution is -2.31. The molecule has 11 heavy (non-hydrogen) atoms. The van der Waals surface area contributed by atoms with Gasteiger partial charge >= 0.3 is 0 Å². The molecule has 0 aromatic rings. The monoisotopic (exact) mass is 179 g/mol. The van der Waals surface area contributed by atoms with Crippen LogP contribution in [0.1, 0.15) is 6.42 Å². The Morgan fingerprint density at radius 3 is 2.55 bits per heavy atom. The minimum Gasteiger partial charge on any atom is -0.383 e. The number of hydrogen-bond donors (Lipinski definition) is 1. The third-order valence-corrected chi connectivity index (χ3v) is 2.50. The smallest absolute Gasteiger partial charge is 0.214 e. The summed E-state index contributed by atoms with van der Waals surface area (Å²) in [6.07, 6.45) is 1.83. The van der Waals surface area contributed by atoms with Gasteiger partial charge in [-0.3, -0.25) is 0 Å². The van der Waals surface area contributed by atoms with Gasteiger partial charge in [0.25, 0.3) is 0 Å². The van der Waals surface area contributed by atoms with Gasteiger partial charge in [0.05, 0.1) is 6.61 Å². The Kier molecular flexibility index (Phi) is 4.32. The van der Waals surface area contributed by atoms with E-state index in [-0.39, 0.29) is 6.61 Å². The van der Waals surface area contributed by atoms with Crippen LogP contribution in [0.5, 0.6) is 0 Å². The summed E-state index contributed by atoms with van der Waals surface area (Å²) in [6.45, 7) is 3.54. The summed E-state index contributed by atoms with van der Waals surface area (Å²) in [6, 6.07) is 0. The van der Waals surface area contributed by atoms with Gasteiger partial charge in [0.1, 0.15) is 5.25 Å². The molecule has 0 fully saturated rings. The van der Waals surface area contributed by atoms with Crippen molar-refractivity contribution in [1.29, 1.82) is 0 Å². The first-order valence-electron chi connectivity index (χ1n) is 3.13. The quantitative estimate of drug-likeness (QED) is 0.597. The molecule has 1 atom stereocenters. The molecule has 0 rings (SSSR count). The van der Waals surface area contributed by atoms with Crippen molar-refractivity contribution < 1.29 is 13.2 Å². The molecule has 0 bridgehead atoms. The van der Waals surface area contributed by atoms with Gasteiger partial charge in [-0.25, -0.2) is 13.6 Å². The van der Waals surface area contributed by atoms with Crippen molar-refractivity contribution in [1.82, 2.24) is 0 Å². The van der Waals surface area contributed by atoms with Gasteiger partial charge in [0.15, 0.2) is 0 Å². The molecule has 0 aliphatic rings. The topological polar surface area (TPSA) is 69.4 Å². The number of ether oxygens (including phenoxy) is 1. The van der Waals surface area contributed by atoms with Crippen molar-refractivity contribution in [2.24, 2.45) is 5.14 Å². The molecule has 5 heteroatoms. The van der Waals surface area contributed by atoms with Crippen LogP contribution in [0.3, 0.4) is 0 Å². The summed E-state index contributed by atoms with van der Waals surface area (Å²) in [7, 11) is -2.05. The average Bonchev–Trinajstić information content (AvgIpc) is 1.85. The first-order valence-corrected chi connectivity index (χ1v) is 4.74. The molecular weight excluding hydrogens is 166 g/mol. The largest absolute Gasteiger partial charge is 0.383 e. The van der Waals surface area contributed by atoms with Gasteiger partial charge in [-0.05, 0) is 6.42 Å². The van der Waals surface area contributed by atoms with E-state index in [1.165, 1.54) is 13.2 Å². The molecular formula is C6H13NO3S. The highest BCUT2D eigenvalue weighted by Gasteiger charge is 2.18. The lowest BCUT2D eigenvalue weighted by molar-refractivity contribution is 0.197. The van der Waals surface area contributed by atoms with Crippen molar-refractivity contribution in [3.05, 3.63) is 12.7 Å². The highest BCUT2D eigenvalue weighted by Crippen LogP contribution is 2.02. The summed E-state index contributed by atoms with van der Waals surface area (Å²) in [5, 5.41) is 4.23. The predicted molar refractivity (Wildman–Crippen MR) is 43.6 cm³/mol. The Morgan fingerprint density at radius 1 is 1.73 bits per heavy atom. The van der Waals surface area contributed by atoms with Crippen LogP contribution in [0.15, 0.2) is 12.7 Å². The van der Waals surface area contributed by atoms with Crippen molar-refractivity contribution >= 4 is 10.0 Å². The number of primary sulfonamides is 1. The van der Waals surface area contributed by atoms with Crippen molar-refractivity contribution in [3.63, 3.8) is 0 Å². The zero-order valence-corrected chi connectivity index (χ0v) is 7.30. The lowest BCUT2D eigenvalue weighted by atomic mass is 10.3. The maximum absolute atomic E-state index is 10.8. The van der Waals surface area contributed by atoms with E-state index in [1.807, 2.05) is 0 Å². The van der Waals surface area contributed by atoms with E-state index in [9.17, 15) is 8.42 Å². The molecule has 0 aliphatic carbocycles. The van der Waals surface area contributed by atoms with Gasteiger partial charge in [-0.15, -0.1) is 6.58 Å². The minimum atomic E-state index is -3.49. The molecule has 0 unspecified atom stereocenters. The molecule has 0 saturated heterocycles. The zero-order valence-electron chi connectivity index (χ0n) is 6.49. The fraction of sp³-hybridized carbons (Fsp3) is 0.667. The fourth-order valence-corrected chi connectivity index (χ4v) is 1.40. The van der Waals surface area contributed by atoms with Gasteiger partial charge in [0.2, 0.25) is 10.0 Å². The van der Waals surface area contributed by atoms with Gasteiger partial charge in [-0.2, -0.15) is 0 Å². The molecule has 0 heterocycles. The lowest BCUT2D eigenvalue weighted by Gasteiger charge is -2.10. The highest BCUT2D eigenvalue weighted by atomic mass is 32.2. The van der Waals surface area contributed by atoms with Crippen LogP contribution in [0.25, 0.3) is 0 Å². The molecule has 0 spiro atoms. The molecule has 0 amide bonds. The van der Waals surface area contributed by atoms with E-state index in [0.29, 0.717) is 6.42 Å². The second kappa shape index (κ2) is 4.48. The van der Waals surface area contributed by atoms with E-state index in [0.717, 1.165) is 0 Å². The molecule has 0 aromatic heterocycles. The van der Waals surface area contributed by atoms with Crippen LogP contribution in [-0.4, -0.2) is 27.4 Å². The minimum absolute atomic E-state index is 0.116. The molecule has 0 radical (unpaired) electrons. The number of hydrogen-bond acceptors (Lipinski definition) is 3. The van der Waals surface area contributed by atoms with Crippen LogP contribution in [-0.2, 0) is 14.8 Å². The molecule has 66 valence electrons. The van der Waals surface area contributed by atoms with Crippen LogP contribution >= 0.6 is 0 Å². The Labute approximate surface area is 67.1 Å². The van der Waals surface area contributed by atoms with Crippen molar-refractivity contribution in [2.45, 2.75) is 11.7 Å². The maximum Gasteiger partial charge on any atom is 0.214 e. The Morgan fingerprint density at radius 2 is 2.27 bits per heavy atom. The van der Waals surface area contributed by atoms with Crippen LogP contribution < -0.4 is 5.14 Å². The summed E-state index contributed by atoms with van der Waals surface area (Å²) < 4.78 is 26.2. The number of nitrogens with two attached hydrogens (primary N) is 1. The normalized spacial score (nSPS) is 14.4. The Bertz CT molecular complexity index is 210. The Balaban J connectivity index is 4.21. The number of methoxy groups -OCH3 is 1. The van der Waals surface area contributed by atoms with E-state index >= 15 is 0 Å². The van der Waals surface area contributed by atoms with Crippen molar-refractivity contribution in [2.75, 3.05) is 13.7 Å². The summed E-state index contributed by atoms with van der Waals surface area (Å²) in [4.78, 5) is 0. The molecule has 0 aliphatic heterocycles. The predicted octanol–water partition coefficient (Wildman–Crippen LogP) is -0.134. The zero-order chi connectivity index (χ0) is 8.91. The second-order valence-electron chi connectivity index (χ2n) is 2.19. The van der Waals surface area contributed by atoms with E-state index in [1.54, 1.807) is 0 Å². The van der Waals surface area contributed by atoms with Crippen LogP contribution in [0.4, 0.5) is 0 Å². The standard InChI is InChI=1S/C6H13NO3S/c1-3-4-6(5-10-2)11(7,8)9/h3,6H,1,4-5H2,2H3,(H2,7,8,9)/t6-/m1/s1. The van der Waals surface area contributed by atoms with Crippen LogP contribution in [0.2, 0.25) is 0 Å². The first kappa shape index (κ1) is 10.6. The van der Waals surface area contributed by atoms with Crippen LogP contribution in [0, 0.1) is 0 Å². The summed E-state index contributed by atoms with van der Waals surface area (Å²) >= 11 is 0. The summed E-state index contributed by atoms with van der Waals surface area (Å²) in [5.41, 5.74) is 0. The molecule has 0 saturated carbocycles. The number of sulfonamides is 1. The van der Waals surface area contributed by atoms with Gasteiger partial charge < -0.3 is 4.74 Å². The van der Waals surface area contributed by atoms with Crippen molar-refractivity contribution in [3.8, 4) is 0 Å². The highest BCUT2D eigenvalue weighted by molar-refractivity contribution is 7.89. The molecule has 4 nitrogen and oxygen atoms in total. The maximum atomic E-state index is 10.8. The fourth-order valence-electron chi connectivity index (χ4n) is 0.669. The van der Waals surface area contributed by atoms with Gasteiger partial charge in [-0.1, -0.05) is 6.08 Å². The second-order valence-corrected chi connectivity index (χ2v) is 4.04. The SMILES string of the molecule is C=CC[C@H](COC)S(N)(=O)=O. The first-order chi connectivity index (χ1) is 5.02. The van der Waals surface area contributed by atoms with E-state index in [4.69, 9.17) is 5.14 Å². The third kappa shape index (κ3) is 4.13. The van der Waals surface area contributed by atoms with Gasteiger partial charge in [0, 0.05) is 7.11 Å².